The fraction of sp³-hybridized carbons (Fsp3) is 0.556. The summed E-state index contributed by atoms with van der Waals surface area (Å²) in [7, 11) is 1.81. The maximum atomic E-state index is 5.51. The number of aromatic nitrogens is 2. The maximum absolute atomic E-state index is 5.51. The van der Waals surface area contributed by atoms with Gasteiger partial charge in [0.2, 0.25) is 0 Å². The van der Waals surface area contributed by atoms with Crippen LogP contribution in [0.25, 0.3) is 0 Å². The molecule has 0 radical (unpaired) electrons. The van der Waals surface area contributed by atoms with Crippen LogP contribution < -0.4 is 10.6 Å². The molecule has 142 valence electrons. The molecule has 3 heterocycles. The number of hydrogen-bond donors (Lipinski definition) is 2. The molecule has 1 saturated heterocycles. The Hall–Kier alpha value is -1.90. The van der Waals surface area contributed by atoms with Crippen molar-refractivity contribution in [2.45, 2.75) is 19.5 Å². The van der Waals surface area contributed by atoms with E-state index in [0.29, 0.717) is 6.04 Å². The molecule has 1 aliphatic rings. The lowest BCUT2D eigenvalue weighted by molar-refractivity contribution is 0.0177. The van der Waals surface area contributed by atoms with E-state index < -0.39 is 0 Å². The molecule has 0 spiro atoms. The first-order valence-electron chi connectivity index (χ1n) is 9.05. The van der Waals surface area contributed by atoms with Gasteiger partial charge in [-0.3, -0.25) is 14.6 Å². The van der Waals surface area contributed by atoms with Crippen LogP contribution in [-0.4, -0.2) is 67.1 Å². The van der Waals surface area contributed by atoms with Gasteiger partial charge in [0.1, 0.15) is 0 Å². The Morgan fingerprint density at radius 1 is 1.38 bits per heavy atom. The number of aliphatic imine (C=N–C) groups is 1. The summed E-state index contributed by atoms with van der Waals surface area (Å²) < 4.78 is 7.45. The first-order valence-corrected chi connectivity index (χ1v) is 9.93. The highest BCUT2D eigenvalue weighted by Gasteiger charge is 2.23. The Labute approximate surface area is 159 Å². The number of rotatable bonds is 7. The zero-order valence-corrected chi connectivity index (χ0v) is 16.3. The number of aryl methyl sites for hydroxylation is 1. The number of nitrogens with one attached hydrogen (secondary N) is 2. The van der Waals surface area contributed by atoms with E-state index in [1.165, 1.54) is 10.4 Å². The molecule has 26 heavy (non-hydrogen) atoms. The highest BCUT2D eigenvalue weighted by molar-refractivity contribution is 7.10. The molecule has 0 amide bonds. The van der Waals surface area contributed by atoms with Crippen LogP contribution in [0, 0.1) is 6.92 Å². The molecule has 0 aliphatic carbocycles. The summed E-state index contributed by atoms with van der Waals surface area (Å²) in [6.07, 6.45) is 3.92. The molecular weight excluding hydrogens is 348 g/mol. The number of nitrogens with zero attached hydrogens (tertiary/aromatic N) is 4. The monoisotopic (exact) mass is 376 g/mol. The van der Waals surface area contributed by atoms with E-state index >= 15 is 0 Å². The van der Waals surface area contributed by atoms with Gasteiger partial charge < -0.3 is 15.4 Å². The summed E-state index contributed by atoms with van der Waals surface area (Å²) >= 11 is 1.81. The SMILES string of the molecule is CN=C(NCCn1cc(C)cn1)NCC(c1cccs1)N1CCOCC1. The molecule has 2 N–H and O–H groups in total. The van der Waals surface area contributed by atoms with Crippen LogP contribution in [0.5, 0.6) is 0 Å². The smallest absolute Gasteiger partial charge is 0.191 e. The van der Waals surface area contributed by atoms with Crippen molar-refractivity contribution in [3.05, 3.63) is 40.3 Å². The molecule has 1 unspecified atom stereocenters. The van der Waals surface area contributed by atoms with Crippen molar-refractivity contribution in [2.75, 3.05) is 46.4 Å². The Bertz CT molecular complexity index is 678. The fourth-order valence-corrected chi connectivity index (χ4v) is 3.93. The average Bonchev–Trinajstić information content (AvgIpc) is 3.33. The molecule has 3 rings (SSSR count). The topological polar surface area (TPSA) is 66.7 Å². The lowest BCUT2D eigenvalue weighted by Crippen LogP contribution is -2.46. The third-order valence-electron chi connectivity index (χ3n) is 4.44. The number of hydrogen-bond acceptors (Lipinski definition) is 5. The van der Waals surface area contributed by atoms with Crippen LogP contribution in [-0.2, 0) is 11.3 Å². The predicted molar refractivity (Wildman–Crippen MR) is 106 cm³/mol. The van der Waals surface area contributed by atoms with Crippen LogP contribution in [0.4, 0.5) is 0 Å². The van der Waals surface area contributed by atoms with E-state index in [0.717, 1.165) is 51.9 Å². The molecule has 2 aromatic heterocycles. The van der Waals surface area contributed by atoms with Crippen molar-refractivity contribution in [1.29, 1.82) is 0 Å². The molecule has 1 atom stereocenters. The highest BCUT2D eigenvalue weighted by Crippen LogP contribution is 2.25. The minimum atomic E-state index is 0.339. The lowest BCUT2D eigenvalue weighted by atomic mass is 10.2. The molecule has 2 aromatic rings. The van der Waals surface area contributed by atoms with Crippen molar-refractivity contribution in [3.8, 4) is 0 Å². The number of morpholine rings is 1. The van der Waals surface area contributed by atoms with Crippen LogP contribution in [0.2, 0.25) is 0 Å². The van der Waals surface area contributed by atoms with Crippen molar-refractivity contribution in [2.24, 2.45) is 4.99 Å². The summed E-state index contributed by atoms with van der Waals surface area (Å²) in [5, 5.41) is 13.3. The van der Waals surface area contributed by atoms with E-state index in [1.54, 1.807) is 0 Å². The Morgan fingerprint density at radius 2 is 2.23 bits per heavy atom. The summed E-state index contributed by atoms with van der Waals surface area (Å²) in [6, 6.07) is 4.67. The van der Waals surface area contributed by atoms with Gasteiger partial charge >= 0.3 is 0 Å². The van der Waals surface area contributed by atoms with Gasteiger partial charge in [0.25, 0.3) is 0 Å². The minimum absolute atomic E-state index is 0.339. The average molecular weight is 377 g/mol. The molecule has 8 heteroatoms. The van der Waals surface area contributed by atoms with Gasteiger partial charge in [-0.05, 0) is 23.9 Å². The zero-order chi connectivity index (χ0) is 18.2. The quantitative estimate of drug-likeness (QED) is 0.566. The first kappa shape index (κ1) is 18.9. The number of ether oxygens (including phenoxy) is 1. The Kier molecular flexibility index (Phi) is 7.04. The van der Waals surface area contributed by atoms with Gasteiger partial charge in [0.15, 0.2) is 5.96 Å². The number of thiophene rings is 1. The van der Waals surface area contributed by atoms with Gasteiger partial charge in [0.05, 0.1) is 32.0 Å². The second kappa shape index (κ2) is 9.70. The van der Waals surface area contributed by atoms with Crippen molar-refractivity contribution >= 4 is 17.3 Å². The van der Waals surface area contributed by atoms with E-state index in [1.807, 2.05) is 42.4 Å². The van der Waals surface area contributed by atoms with Gasteiger partial charge in [0, 0.05) is 44.3 Å². The van der Waals surface area contributed by atoms with E-state index in [4.69, 9.17) is 4.74 Å². The fourth-order valence-electron chi connectivity index (χ4n) is 3.07. The molecular formula is C18H28N6OS. The normalized spacial score (nSPS) is 17.2. The van der Waals surface area contributed by atoms with Crippen LogP contribution in [0.3, 0.4) is 0 Å². The second-order valence-corrected chi connectivity index (χ2v) is 7.32. The largest absolute Gasteiger partial charge is 0.379 e. The van der Waals surface area contributed by atoms with Crippen LogP contribution >= 0.6 is 11.3 Å². The molecule has 0 bridgehead atoms. The number of guanidine groups is 1. The van der Waals surface area contributed by atoms with Crippen LogP contribution in [0.15, 0.2) is 34.9 Å². The lowest BCUT2D eigenvalue weighted by Gasteiger charge is -2.34. The minimum Gasteiger partial charge on any atom is -0.379 e. The Morgan fingerprint density at radius 3 is 2.88 bits per heavy atom. The third kappa shape index (κ3) is 5.30. The highest BCUT2D eigenvalue weighted by atomic mass is 32.1. The van der Waals surface area contributed by atoms with E-state index in [2.05, 4.69) is 43.1 Å². The summed E-state index contributed by atoms with van der Waals surface area (Å²) in [4.78, 5) is 8.21. The summed E-state index contributed by atoms with van der Waals surface area (Å²) in [5.74, 6) is 0.823. The van der Waals surface area contributed by atoms with Crippen molar-refractivity contribution in [3.63, 3.8) is 0 Å². The maximum Gasteiger partial charge on any atom is 0.191 e. The molecule has 1 fully saturated rings. The van der Waals surface area contributed by atoms with Crippen molar-refractivity contribution in [1.82, 2.24) is 25.3 Å². The van der Waals surface area contributed by atoms with Crippen molar-refractivity contribution < 1.29 is 4.74 Å². The standard InChI is InChI=1S/C18H28N6OS/c1-15-12-22-24(14-15)6-5-20-18(19-2)21-13-16(17-4-3-11-26-17)23-7-9-25-10-8-23/h3-4,11-12,14,16H,5-10,13H2,1-2H3,(H2,19,20,21). The second-order valence-electron chi connectivity index (χ2n) is 6.34. The van der Waals surface area contributed by atoms with Gasteiger partial charge in [-0.1, -0.05) is 6.07 Å². The molecule has 1 aliphatic heterocycles. The molecule has 0 saturated carbocycles. The van der Waals surface area contributed by atoms with Gasteiger partial charge in [-0.2, -0.15) is 5.10 Å². The van der Waals surface area contributed by atoms with Gasteiger partial charge in [-0.15, -0.1) is 11.3 Å². The Balaban J connectivity index is 1.51. The van der Waals surface area contributed by atoms with Gasteiger partial charge in [-0.25, -0.2) is 0 Å². The third-order valence-corrected chi connectivity index (χ3v) is 5.41. The van der Waals surface area contributed by atoms with E-state index in [-0.39, 0.29) is 0 Å². The molecule has 7 nitrogen and oxygen atoms in total. The summed E-state index contributed by atoms with van der Waals surface area (Å²) in [6.45, 7) is 8.00. The zero-order valence-electron chi connectivity index (χ0n) is 15.5. The first-order chi connectivity index (χ1) is 12.8. The molecule has 0 aromatic carbocycles. The predicted octanol–water partition coefficient (Wildman–Crippen LogP) is 1.49. The summed E-state index contributed by atoms with van der Waals surface area (Å²) in [5.41, 5.74) is 1.18. The van der Waals surface area contributed by atoms with Crippen LogP contribution in [0.1, 0.15) is 16.5 Å². The van der Waals surface area contributed by atoms with E-state index in [9.17, 15) is 0 Å².